The molecule has 0 radical (unpaired) electrons. The highest BCUT2D eigenvalue weighted by molar-refractivity contribution is 7.73. The molecule has 0 unspecified atom stereocenters. The van der Waals surface area contributed by atoms with Gasteiger partial charge in [-0.2, -0.15) is 0 Å². The summed E-state index contributed by atoms with van der Waals surface area (Å²) in [6.45, 7) is 0. The molecule has 2 aromatic heterocycles. The van der Waals surface area contributed by atoms with Gasteiger partial charge in [-0.3, -0.25) is 0 Å². The first-order valence-electron chi connectivity index (χ1n) is 3.19. The second-order valence-corrected chi connectivity index (χ2v) is 3.93. The second-order valence-electron chi connectivity index (χ2n) is 2.25. The summed E-state index contributed by atoms with van der Waals surface area (Å²) in [7, 11) is 1.94. The van der Waals surface area contributed by atoms with E-state index in [0.29, 0.717) is 0 Å². The summed E-state index contributed by atoms with van der Waals surface area (Å²) in [4.78, 5) is 4.21. The van der Waals surface area contributed by atoms with Gasteiger partial charge in [0.1, 0.15) is 0 Å². The molecule has 2 rings (SSSR count). The summed E-state index contributed by atoms with van der Waals surface area (Å²) in [5.74, 6) is 0. The van der Waals surface area contributed by atoms with E-state index in [0.717, 1.165) is 14.3 Å². The van der Waals surface area contributed by atoms with Crippen molar-refractivity contribution in [3.05, 3.63) is 22.3 Å². The lowest BCUT2D eigenvalue weighted by Gasteiger charge is -1.90. The zero-order chi connectivity index (χ0) is 7.84. The van der Waals surface area contributed by atoms with Crippen molar-refractivity contribution in [2.45, 2.75) is 0 Å². The Labute approximate surface area is 73.1 Å². The van der Waals surface area contributed by atoms with Gasteiger partial charge in [-0.1, -0.05) is 0 Å². The monoisotopic (exact) mass is 182 g/mol. The average Bonchev–Trinajstić information content (AvgIpc) is 2.30. The van der Waals surface area contributed by atoms with Gasteiger partial charge < -0.3 is 4.57 Å². The molecule has 0 aliphatic carbocycles. The number of nitrogens with zero attached hydrogens (tertiary/aromatic N) is 2. The van der Waals surface area contributed by atoms with Gasteiger partial charge in [0.25, 0.3) is 0 Å². The molecule has 0 saturated heterocycles. The van der Waals surface area contributed by atoms with E-state index >= 15 is 0 Å². The Balaban J connectivity index is 3.04. The van der Waals surface area contributed by atoms with Crippen molar-refractivity contribution in [2.24, 2.45) is 7.05 Å². The van der Waals surface area contributed by atoms with E-state index in [1.807, 2.05) is 23.7 Å². The Hall–Kier alpha value is -0.740. The lowest BCUT2D eigenvalue weighted by atomic mass is 10.5. The maximum atomic E-state index is 5.10. The quantitative estimate of drug-likeness (QED) is 0.582. The minimum atomic E-state index is 0.874. The van der Waals surface area contributed by atoms with Crippen LogP contribution in [-0.2, 0) is 7.05 Å². The molecule has 0 atom stereocenters. The van der Waals surface area contributed by atoms with Crippen LogP contribution in [0, 0.1) is 3.95 Å². The SMILES string of the molecule is Cn1c(=S)sc2cccnc21. The summed E-state index contributed by atoms with van der Waals surface area (Å²) in [6.07, 6.45) is 1.78. The molecule has 0 amide bonds. The third-order valence-electron chi connectivity index (χ3n) is 1.54. The largest absolute Gasteiger partial charge is 0.311 e. The fourth-order valence-corrected chi connectivity index (χ4v) is 2.16. The second kappa shape index (κ2) is 2.39. The molecule has 4 heteroatoms. The first-order valence-corrected chi connectivity index (χ1v) is 4.42. The number of hydrogen-bond donors (Lipinski definition) is 0. The van der Waals surface area contributed by atoms with Crippen LogP contribution in [0.3, 0.4) is 0 Å². The zero-order valence-electron chi connectivity index (χ0n) is 5.94. The van der Waals surface area contributed by atoms with Gasteiger partial charge in [0.05, 0.1) is 4.70 Å². The number of pyridine rings is 1. The minimum Gasteiger partial charge on any atom is -0.311 e. The highest BCUT2D eigenvalue weighted by atomic mass is 32.1. The maximum Gasteiger partial charge on any atom is 0.163 e. The Morgan fingerprint density at radius 2 is 2.45 bits per heavy atom. The van der Waals surface area contributed by atoms with Crippen LogP contribution >= 0.6 is 23.6 Å². The molecular weight excluding hydrogens is 176 g/mol. The van der Waals surface area contributed by atoms with Crippen molar-refractivity contribution in [2.75, 3.05) is 0 Å². The van der Waals surface area contributed by atoms with E-state index < -0.39 is 0 Å². The normalized spacial score (nSPS) is 10.6. The van der Waals surface area contributed by atoms with Crippen LogP contribution < -0.4 is 0 Å². The summed E-state index contributed by atoms with van der Waals surface area (Å²) in [5, 5.41) is 0. The van der Waals surface area contributed by atoms with Gasteiger partial charge in [-0.25, -0.2) is 4.98 Å². The van der Waals surface area contributed by atoms with Crippen LogP contribution in [0.2, 0.25) is 0 Å². The fraction of sp³-hybridized carbons (Fsp3) is 0.143. The van der Waals surface area contributed by atoms with E-state index in [9.17, 15) is 0 Å². The van der Waals surface area contributed by atoms with Gasteiger partial charge in [0.2, 0.25) is 0 Å². The Kier molecular flexibility index (Phi) is 1.51. The van der Waals surface area contributed by atoms with E-state index in [-0.39, 0.29) is 0 Å². The molecule has 56 valence electrons. The number of aromatic nitrogens is 2. The molecule has 0 N–H and O–H groups in total. The van der Waals surface area contributed by atoms with Crippen molar-refractivity contribution in [3.8, 4) is 0 Å². The van der Waals surface area contributed by atoms with Crippen molar-refractivity contribution in [1.29, 1.82) is 0 Å². The van der Waals surface area contributed by atoms with Crippen molar-refractivity contribution in [1.82, 2.24) is 9.55 Å². The number of thiazole rings is 1. The van der Waals surface area contributed by atoms with Gasteiger partial charge in [0.15, 0.2) is 9.60 Å². The zero-order valence-corrected chi connectivity index (χ0v) is 7.58. The topological polar surface area (TPSA) is 17.8 Å². The van der Waals surface area contributed by atoms with E-state index in [4.69, 9.17) is 12.2 Å². The lowest BCUT2D eigenvalue weighted by molar-refractivity contribution is 0.943. The molecule has 0 saturated carbocycles. The molecule has 11 heavy (non-hydrogen) atoms. The van der Waals surface area contributed by atoms with E-state index in [2.05, 4.69) is 4.98 Å². The van der Waals surface area contributed by atoms with Gasteiger partial charge >= 0.3 is 0 Å². The summed E-state index contributed by atoms with van der Waals surface area (Å²) in [5.41, 5.74) is 0.975. The summed E-state index contributed by atoms with van der Waals surface area (Å²) in [6, 6.07) is 3.95. The highest BCUT2D eigenvalue weighted by Crippen LogP contribution is 2.18. The summed E-state index contributed by atoms with van der Waals surface area (Å²) < 4.78 is 3.95. The smallest absolute Gasteiger partial charge is 0.163 e. The molecule has 2 aromatic rings. The molecular formula is C7H6N2S2. The molecule has 2 nitrogen and oxygen atoms in total. The highest BCUT2D eigenvalue weighted by Gasteiger charge is 1.99. The summed E-state index contributed by atoms with van der Waals surface area (Å²) >= 11 is 6.69. The first kappa shape index (κ1) is 6.94. The van der Waals surface area contributed by atoms with Crippen LogP contribution in [0.1, 0.15) is 0 Å². The van der Waals surface area contributed by atoms with Gasteiger partial charge in [-0.05, 0) is 24.4 Å². The van der Waals surface area contributed by atoms with Crippen LogP contribution in [0.25, 0.3) is 10.3 Å². The van der Waals surface area contributed by atoms with Gasteiger partial charge in [-0.15, -0.1) is 11.3 Å². The number of fused-ring (bicyclic) bond motifs is 1. The molecule has 0 bridgehead atoms. The van der Waals surface area contributed by atoms with Crippen LogP contribution in [0.5, 0.6) is 0 Å². The standard InChI is InChI=1S/C7H6N2S2/c1-9-6-5(11-7(9)10)3-2-4-8-6/h2-4H,1H3. The molecule has 0 aliphatic heterocycles. The predicted molar refractivity (Wildman–Crippen MR) is 49.4 cm³/mol. The average molecular weight is 182 g/mol. The number of rotatable bonds is 0. The maximum absolute atomic E-state index is 5.10. The lowest BCUT2D eigenvalue weighted by Crippen LogP contribution is -1.87. The van der Waals surface area contributed by atoms with Crippen molar-refractivity contribution >= 4 is 33.9 Å². The first-order chi connectivity index (χ1) is 5.29. The Morgan fingerprint density at radius 1 is 1.64 bits per heavy atom. The van der Waals surface area contributed by atoms with Crippen molar-refractivity contribution in [3.63, 3.8) is 0 Å². The molecule has 0 aromatic carbocycles. The van der Waals surface area contributed by atoms with Crippen molar-refractivity contribution < 1.29 is 0 Å². The third kappa shape index (κ3) is 0.985. The number of hydrogen-bond acceptors (Lipinski definition) is 3. The number of aryl methyl sites for hydroxylation is 1. The van der Waals surface area contributed by atoms with E-state index in [1.165, 1.54) is 0 Å². The molecule has 2 heterocycles. The van der Waals surface area contributed by atoms with Crippen LogP contribution in [-0.4, -0.2) is 9.55 Å². The van der Waals surface area contributed by atoms with Crippen LogP contribution in [0.15, 0.2) is 18.3 Å². The molecule has 0 aliphatic rings. The van der Waals surface area contributed by atoms with Crippen LogP contribution in [0.4, 0.5) is 0 Å². The predicted octanol–water partition coefficient (Wildman–Crippen LogP) is 2.36. The van der Waals surface area contributed by atoms with Gasteiger partial charge in [0, 0.05) is 13.2 Å². The third-order valence-corrected chi connectivity index (χ3v) is 3.05. The van der Waals surface area contributed by atoms with E-state index in [1.54, 1.807) is 17.5 Å². The minimum absolute atomic E-state index is 0.874. The fourth-order valence-electron chi connectivity index (χ4n) is 0.963. The molecule has 0 spiro atoms. The Bertz CT molecular complexity index is 441. The Morgan fingerprint density at radius 3 is 3.18 bits per heavy atom. The molecule has 0 fully saturated rings.